The number of anilines is 1. The van der Waals surface area contributed by atoms with Gasteiger partial charge in [-0.1, -0.05) is 11.8 Å². The number of thiazole rings is 1. The number of morpholine rings is 1. The van der Waals surface area contributed by atoms with Crippen LogP contribution in [0.25, 0.3) is 10.2 Å². The number of carbonyl (C=O) groups is 2. The molecule has 8 nitrogen and oxygen atoms in total. The molecule has 1 N–H and O–H groups in total. The number of hydrogen-bond donors (Lipinski definition) is 1. The molecular weight excluding hydrogens is 438 g/mol. The Labute approximate surface area is 186 Å². The molecule has 31 heavy (non-hydrogen) atoms. The van der Waals surface area contributed by atoms with Gasteiger partial charge in [-0.05, 0) is 36.4 Å². The van der Waals surface area contributed by atoms with Crippen molar-refractivity contribution >= 4 is 50.8 Å². The highest BCUT2D eigenvalue weighted by atomic mass is 32.2. The van der Waals surface area contributed by atoms with Gasteiger partial charge < -0.3 is 24.4 Å². The molecule has 10 heteroatoms. The van der Waals surface area contributed by atoms with Gasteiger partial charge in [0.25, 0.3) is 5.91 Å². The van der Waals surface area contributed by atoms with Crippen molar-refractivity contribution < 1.29 is 23.8 Å². The number of benzene rings is 2. The first kappa shape index (κ1) is 20.1. The first-order chi connectivity index (χ1) is 15.2. The smallest absolute Gasteiger partial charge is 0.255 e. The number of nitrogens with zero attached hydrogens (tertiary/aromatic N) is 2. The predicted molar refractivity (Wildman–Crippen MR) is 118 cm³/mol. The number of nitrogens with one attached hydrogen (secondary N) is 1. The molecule has 1 fully saturated rings. The Balaban J connectivity index is 1.24. The zero-order valence-electron chi connectivity index (χ0n) is 16.5. The third-order valence-electron chi connectivity index (χ3n) is 4.94. The Morgan fingerprint density at radius 2 is 1.94 bits per heavy atom. The fourth-order valence-electron chi connectivity index (χ4n) is 3.31. The van der Waals surface area contributed by atoms with Gasteiger partial charge in [0.1, 0.15) is 0 Å². The molecule has 2 aliphatic rings. The summed E-state index contributed by atoms with van der Waals surface area (Å²) < 4.78 is 17.7. The maximum absolute atomic E-state index is 12.6. The van der Waals surface area contributed by atoms with E-state index in [1.165, 1.54) is 23.1 Å². The highest BCUT2D eigenvalue weighted by Crippen LogP contribution is 2.34. The highest BCUT2D eigenvalue weighted by molar-refractivity contribution is 8.01. The minimum absolute atomic E-state index is 0.101. The summed E-state index contributed by atoms with van der Waals surface area (Å²) in [6.07, 6.45) is 0. The van der Waals surface area contributed by atoms with Crippen LogP contribution in [-0.4, -0.2) is 60.5 Å². The highest BCUT2D eigenvalue weighted by Gasteiger charge is 2.18. The summed E-state index contributed by atoms with van der Waals surface area (Å²) in [5.74, 6) is 1.43. The molecule has 0 radical (unpaired) electrons. The second-order valence-electron chi connectivity index (χ2n) is 6.97. The zero-order valence-corrected chi connectivity index (χ0v) is 18.1. The van der Waals surface area contributed by atoms with E-state index in [1.54, 1.807) is 18.2 Å². The number of hydrogen-bond acceptors (Lipinski definition) is 8. The maximum atomic E-state index is 12.6. The molecule has 1 aromatic heterocycles. The van der Waals surface area contributed by atoms with E-state index < -0.39 is 0 Å². The van der Waals surface area contributed by atoms with Crippen LogP contribution in [0.3, 0.4) is 0 Å². The van der Waals surface area contributed by atoms with Gasteiger partial charge in [0, 0.05) is 24.3 Å². The van der Waals surface area contributed by atoms with Gasteiger partial charge in [-0.15, -0.1) is 11.3 Å². The summed E-state index contributed by atoms with van der Waals surface area (Å²) >= 11 is 2.95. The van der Waals surface area contributed by atoms with E-state index in [-0.39, 0.29) is 18.6 Å². The van der Waals surface area contributed by atoms with Crippen LogP contribution < -0.4 is 14.8 Å². The van der Waals surface area contributed by atoms with Crippen molar-refractivity contribution in [3.05, 3.63) is 42.0 Å². The average Bonchev–Trinajstić information content (AvgIpc) is 3.43. The average molecular weight is 458 g/mol. The van der Waals surface area contributed by atoms with Crippen LogP contribution >= 0.6 is 23.1 Å². The van der Waals surface area contributed by atoms with E-state index in [0.717, 1.165) is 14.6 Å². The molecular formula is C21H19N3O5S2. The van der Waals surface area contributed by atoms with E-state index in [2.05, 4.69) is 10.3 Å². The van der Waals surface area contributed by atoms with Gasteiger partial charge >= 0.3 is 0 Å². The lowest BCUT2D eigenvalue weighted by Gasteiger charge is -2.26. The van der Waals surface area contributed by atoms with Crippen molar-refractivity contribution in [2.45, 2.75) is 4.34 Å². The number of ether oxygens (including phenoxy) is 3. The Morgan fingerprint density at radius 3 is 2.81 bits per heavy atom. The summed E-state index contributed by atoms with van der Waals surface area (Å²) in [4.78, 5) is 31.4. The van der Waals surface area contributed by atoms with Crippen molar-refractivity contribution in [1.82, 2.24) is 9.88 Å². The first-order valence-corrected chi connectivity index (χ1v) is 11.6. The molecule has 2 aliphatic heterocycles. The number of aromatic nitrogens is 1. The standard InChI is InChI=1S/C21H19N3O5S2/c25-19(24-5-7-27-8-6-24)11-30-21-23-15-3-2-14(10-18(15)31-21)22-20(26)13-1-4-16-17(9-13)29-12-28-16/h1-4,9-10H,5-8,11-12H2,(H,22,26). The van der Waals surface area contributed by atoms with Crippen LogP contribution in [0.1, 0.15) is 10.4 Å². The lowest BCUT2D eigenvalue weighted by atomic mass is 10.2. The molecule has 0 saturated carbocycles. The number of rotatable bonds is 5. The normalized spacial score (nSPS) is 15.3. The van der Waals surface area contributed by atoms with Crippen LogP contribution in [-0.2, 0) is 9.53 Å². The van der Waals surface area contributed by atoms with Gasteiger partial charge in [0.05, 0.1) is 29.2 Å². The number of amides is 2. The summed E-state index contributed by atoms with van der Waals surface area (Å²) in [7, 11) is 0. The SMILES string of the molecule is O=C(Nc1ccc2nc(SCC(=O)N3CCOCC3)sc2c1)c1ccc2c(c1)OCO2. The molecule has 0 aliphatic carbocycles. The van der Waals surface area contributed by atoms with E-state index in [9.17, 15) is 9.59 Å². The molecule has 0 bridgehead atoms. The lowest BCUT2D eigenvalue weighted by molar-refractivity contribution is -0.132. The molecule has 1 saturated heterocycles. The van der Waals surface area contributed by atoms with Crippen molar-refractivity contribution in [2.75, 3.05) is 44.2 Å². The number of thioether (sulfide) groups is 1. The molecule has 2 aromatic carbocycles. The van der Waals surface area contributed by atoms with Crippen LogP contribution in [0.5, 0.6) is 11.5 Å². The van der Waals surface area contributed by atoms with Crippen molar-refractivity contribution in [1.29, 1.82) is 0 Å². The minimum atomic E-state index is -0.229. The molecule has 0 spiro atoms. The number of fused-ring (bicyclic) bond motifs is 2. The van der Waals surface area contributed by atoms with Gasteiger partial charge in [0.15, 0.2) is 15.8 Å². The van der Waals surface area contributed by atoms with Crippen molar-refractivity contribution in [3.8, 4) is 11.5 Å². The van der Waals surface area contributed by atoms with Crippen LogP contribution in [0.15, 0.2) is 40.7 Å². The summed E-state index contributed by atoms with van der Waals surface area (Å²) in [5, 5.41) is 2.91. The monoisotopic (exact) mass is 457 g/mol. The van der Waals surface area contributed by atoms with Gasteiger partial charge in [-0.3, -0.25) is 9.59 Å². The molecule has 160 valence electrons. The largest absolute Gasteiger partial charge is 0.454 e. The lowest BCUT2D eigenvalue weighted by Crippen LogP contribution is -2.41. The predicted octanol–water partition coefficient (Wildman–Crippen LogP) is 3.23. The fourth-order valence-corrected chi connectivity index (χ4v) is 5.32. The van der Waals surface area contributed by atoms with E-state index >= 15 is 0 Å². The topological polar surface area (TPSA) is 90.0 Å². The van der Waals surface area contributed by atoms with E-state index in [0.29, 0.717) is 54.8 Å². The molecule has 3 heterocycles. The Hall–Kier alpha value is -2.82. The Kier molecular flexibility index (Phi) is 5.66. The van der Waals surface area contributed by atoms with E-state index in [1.807, 2.05) is 23.1 Å². The fraction of sp³-hybridized carbons (Fsp3) is 0.286. The third kappa shape index (κ3) is 4.46. The molecule has 2 amide bonds. The van der Waals surface area contributed by atoms with Gasteiger partial charge in [0.2, 0.25) is 12.7 Å². The van der Waals surface area contributed by atoms with Crippen molar-refractivity contribution in [3.63, 3.8) is 0 Å². The molecule has 5 rings (SSSR count). The molecule has 0 unspecified atom stereocenters. The molecule has 3 aromatic rings. The zero-order chi connectivity index (χ0) is 21.2. The second kappa shape index (κ2) is 8.74. The summed E-state index contributed by atoms with van der Waals surface area (Å²) in [6.45, 7) is 2.65. The van der Waals surface area contributed by atoms with Crippen LogP contribution in [0.4, 0.5) is 5.69 Å². The maximum Gasteiger partial charge on any atom is 0.255 e. The van der Waals surface area contributed by atoms with Gasteiger partial charge in [-0.25, -0.2) is 4.98 Å². The summed E-state index contributed by atoms with van der Waals surface area (Å²) in [6, 6.07) is 10.7. The number of carbonyl (C=O) groups excluding carboxylic acids is 2. The van der Waals surface area contributed by atoms with Crippen LogP contribution in [0.2, 0.25) is 0 Å². The third-order valence-corrected chi connectivity index (χ3v) is 7.09. The quantitative estimate of drug-likeness (QED) is 0.589. The second-order valence-corrected chi connectivity index (χ2v) is 9.22. The van der Waals surface area contributed by atoms with E-state index in [4.69, 9.17) is 14.2 Å². The Morgan fingerprint density at radius 1 is 1.10 bits per heavy atom. The van der Waals surface area contributed by atoms with Crippen LogP contribution in [0, 0.1) is 0 Å². The van der Waals surface area contributed by atoms with Gasteiger partial charge in [-0.2, -0.15) is 0 Å². The first-order valence-electron chi connectivity index (χ1n) is 9.76. The van der Waals surface area contributed by atoms with Crippen molar-refractivity contribution in [2.24, 2.45) is 0 Å². The summed E-state index contributed by atoms with van der Waals surface area (Å²) in [5.41, 5.74) is 2.01. The molecule has 0 atom stereocenters. The Bertz CT molecular complexity index is 1140. The minimum Gasteiger partial charge on any atom is -0.454 e.